The van der Waals surface area contributed by atoms with Gasteiger partial charge in [-0.15, -0.1) is 0 Å². The summed E-state index contributed by atoms with van der Waals surface area (Å²) in [7, 11) is 0. The lowest BCUT2D eigenvalue weighted by molar-refractivity contribution is -0.119. The van der Waals surface area contributed by atoms with Crippen LogP contribution in [0, 0.1) is 22.7 Å². The number of rotatable bonds is 1. The molecule has 1 aromatic heterocycles. The molecule has 3 heterocycles. The summed E-state index contributed by atoms with van der Waals surface area (Å²) < 4.78 is 0. The van der Waals surface area contributed by atoms with Crippen LogP contribution in [0.2, 0.25) is 0 Å². The smallest absolute Gasteiger partial charge is 0.269 e. The molecule has 1 amide bonds. The zero-order valence-corrected chi connectivity index (χ0v) is 12.5. The first-order valence-electron chi connectivity index (χ1n) is 7.94. The van der Waals surface area contributed by atoms with E-state index >= 15 is 0 Å². The predicted molar refractivity (Wildman–Crippen MR) is 79.6 cm³/mol. The van der Waals surface area contributed by atoms with Crippen LogP contribution in [-0.2, 0) is 4.79 Å². The first-order valence-corrected chi connectivity index (χ1v) is 7.94. The summed E-state index contributed by atoms with van der Waals surface area (Å²) in [5.74, 6) is -1.13. The Hall–Kier alpha value is -2.22. The zero-order valence-electron chi connectivity index (χ0n) is 12.5. The lowest BCUT2D eigenvalue weighted by Crippen LogP contribution is -2.49. The first-order chi connectivity index (χ1) is 10.7. The standard InChI is InChI=1S/C17H18N4O/c18-10-13-15(12-2-7-19-11-14(12)20-16(13)22)21-8-5-17(6-9-21)3-1-4-17/h2,7,11,13H,1,3-6,8-9H2. The van der Waals surface area contributed by atoms with Gasteiger partial charge in [0, 0.05) is 24.5 Å². The third-order valence-corrected chi connectivity index (χ3v) is 5.54. The average Bonchev–Trinajstić information content (AvgIpc) is 2.52. The molecule has 1 spiro atoms. The van der Waals surface area contributed by atoms with Gasteiger partial charge in [-0.1, -0.05) is 6.42 Å². The van der Waals surface area contributed by atoms with Gasteiger partial charge in [0.15, 0.2) is 5.92 Å². The topological polar surface area (TPSA) is 69.3 Å². The number of hydrogen-bond donors (Lipinski definition) is 0. The number of nitrogens with zero attached hydrogens (tertiary/aromatic N) is 4. The van der Waals surface area contributed by atoms with Crippen molar-refractivity contribution < 1.29 is 4.79 Å². The quantitative estimate of drug-likeness (QED) is 0.766. The Balaban J connectivity index is 1.76. The van der Waals surface area contributed by atoms with Crippen molar-refractivity contribution >= 4 is 11.6 Å². The predicted octanol–water partition coefficient (Wildman–Crippen LogP) is 0.755. The van der Waals surface area contributed by atoms with Crippen molar-refractivity contribution in [2.45, 2.75) is 32.1 Å². The number of pyridine rings is 1. The van der Waals surface area contributed by atoms with Crippen molar-refractivity contribution in [3.05, 3.63) is 29.0 Å². The van der Waals surface area contributed by atoms with Gasteiger partial charge < -0.3 is 4.90 Å². The molecule has 3 aliphatic rings. The monoisotopic (exact) mass is 294 g/mol. The van der Waals surface area contributed by atoms with Crippen LogP contribution in [0.4, 0.5) is 0 Å². The van der Waals surface area contributed by atoms with E-state index in [0.717, 1.165) is 24.0 Å². The molecule has 5 heteroatoms. The Morgan fingerprint density at radius 1 is 1.27 bits per heavy atom. The van der Waals surface area contributed by atoms with E-state index in [1.807, 2.05) is 6.07 Å². The van der Waals surface area contributed by atoms with E-state index < -0.39 is 5.92 Å². The molecule has 0 bridgehead atoms. The maximum atomic E-state index is 12.2. The van der Waals surface area contributed by atoms with Crippen LogP contribution < -0.4 is 10.6 Å². The second kappa shape index (κ2) is 4.91. The Kier molecular flexibility index (Phi) is 3.00. The molecule has 0 N–H and O–H groups in total. The van der Waals surface area contributed by atoms with Crippen molar-refractivity contribution in [3.8, 4) is 6.07 Å². The highest BCUT2D eigenvalue weighted by molar-refractivity contribution is 5.92. The van der Waals surface area contributed by atoms with Gasteiger partial charge >= 0.3 is 0 Å². The van der Waals surface area contributed by atoms with Gasteiger partial charge in [0.2, 0.25) is 0 Å². The molecule has 1 atom stereocenters. The van der Waals surface area contributed by atoms with Gasteiger partial charge in [-0.3, -0.25) is 9.78 Å². The van der Waals surface area contributed by atoms with E-state index in [2.05, 4.69) is 20.9 Å². The fraction of sp³-hybridized carbons (Fsp3) is 0.529. The molecule has 5 nitrogen and oxygen atoms in total. The molecule has 0 aromatic carbocycles. The summed E-state index contributed by atoms with van der Waals surface area (Å²) in [5, 5.41) is 10.9. The second-order valence-corrected chi connectivity index (χ2v) is 6.63. The maximum Gasteiger partial charge on any atom is 0.269 e. The number of amides is 1. The number of carbonyl (C=O) groups is 1. The largest absolute Gasteiger partial charge is 0.373 e. The number of hydrogen-bond acceptors (Lipinski definition) is 4. The Bertz CT molecular complexity index is 778. The lowest BCUT2D eigenvalue weighted by atomic mass is 9.63. The van der Waals surface area contributed by atoms with Crippen molar-refractivity contribution in [1.29, 1.82) is 5.26 Å². The molecular formula is C17H18N4O. The minimum Gasteiger partial charge on any atom is -0.373 e. The molecule has 112 valence electrons. The van der Waals surface area contributed by atoms with Crippen molar-refractivity contribution in [1.82, 2.24) is 9.88 Å². The number of piperidine rings is 1. The maximum absolute atomic E-state index is 12.2. The fourth-order valence-electron chi connectivity index (χ4n) is 4.02. The zero-order chi connectivity index (χ0) is 15.2. The Morgan fingerprint density at radius 2 is 2.05 bits per heavy atom. The molecule has 4 rings (SSSR count). The number of fused-ring (bicyclic) bond motifs is 1. The van der Waals surface area contributed by atoms with E-state index in [0.29, 0.717) is 10.8 Å². The van der Waals surface area contributed by atoms with E-state index in [-0.39, 0.29) is 5.91 Å². The highest BCUT2D eigenvalue weighted by Crippen LogP contribution is 2.49. The van der Waals surface area contributed by atoms with Gasteiger partial charge in [-0.25, -0.2) is 4.99 Å². The summed E-state index contributed by atoms with van der Waals surface area (Å²) in [5.41, 5.74) is 1.39. The van der Waals surface area contributed by atoms with Gasteiger partial charge in [-0.05, 0) is 37.2 Å². The summed E-state index contributed by atoms with van der Waals surface area (Å²) in [4.78, 5) is 22.5. The second-order valence-electron chi connectivity index (χ2n) is 6.63. The van der Waals surface area contributed by atoms with Gasteiger partial charge in [0.1, 0.15) is 0 Å². The van der Waals surface area contributed by atoms with Crippen LogP contribution in [0.25, 0.3) is 5.70 Å². The number of nitriles is 1. The normalized spacial score (nSPS) is 26.0. The van der Waals surface area contributed by atoms with Gasteiger partial charge in [0.25, 0.3) is 5.91 Å². The van der Waals surface area contributed by atoms with Crippen LogP contribution in [0.5, 0.6) is 0 Å². The fourth-order valence-corrected chi connectivity index (χ4v) is 4.02. The molecule has 1 aliphatic carbocycles. The highest BCUT2D eigenvalue weighted by atomic mass is 16.1. The number of carbonyl (C=O) groups excluding carboxylic acids is 1. The molecule has 1 aromatic rings. The molecule has 2 fully saturated rings. The van der Waals surface area contributed by atoms with Crippen molar-refractivity contribution in [2.75, 3.05) is 13.1 Å². The van der Waals surface area contributed by atoms with Gasteiger partial charge in [0.05, 0.1) is 23.3 Å². The van der Waals surface area contributed by atoms with Crippen LogP contribution in [0.1, 0.15) is 32.1 Å². The molecule has 2 aliphatic heterocycles. The lowest BCUT2D eigenvalue weighted by Gasteiger charge is -2.49. The van der Waals surface area contributed by atoms with E-state index in [1.165, 1.54) is 32.1 Å². The third kappa shape index (κ3) is 1.94. The Labute approximate surface area is 129 Å². The molecule has 22 heavy (non-hydrogen) atoms. The minimum atomic E-state index is -0.773. The van der Waals surface area contributed by atoms with E-state index in [4.69, 9.17) is 0 Å². The van der Waals surface area contributed by atoms with Crippen LogP contribution >= 0.6 is 0 Å². The Morgan fingerprint density at radius 3 is 2.68 bits per heavy atom. The summed E-state index contributed by atoms with van der Waals surface area (Å²) in [6, 6.07) is 4.02. The van der Waals surface area contributed by atoms with Gasteiger partial charge in [-0.2, -0.15) is 5.26 Å². The SMILES string of the molecule is N#CC1C(=O)N=c2cnccc2=C1N1CCC2(CCC2)CC1. The van der Waals surface area contributed by atoms with Crippen LogP contribution in [0.3, 0.4) is 0 Å². The molecular weight excluding hydrogens is 276 g/mol. The summed E-state index contributed by atoms with van der Waals surface area (Å²) in [6.07, 6.45) is 9.68. The third-order valence-electron chi connectivity index (χ3n) is 5.54. The summed E-state index contributed by atoms with van der Waals surface area (Å²) >= 11 is 0. The number of likely N-dealkylation sites (tertiary alicyclic amines) is 1. The molecule has 1 unspecified atom stereocenters. The summed E-state index contributed by atoms with van der Waals surface area (Å²) in [6.45, 7) is 1.87. The van der Waals surface area contributed by atoms with E-state index in [1.54, 1.807) is 12.4 Å². The van der Waals surface area contributed by atoms with Crippen LogP contribution in [-0.4, -0.2) is 28.9 Å². The van der Waals surface area contributed by atoms with Crippen LogP contribution in [0.15, 0.2) is 23.5 Å². The van der Waals surface area contributed by atoms with E-state index in [9.17, 15) is 10.1 Å². The first kappa shape index (κ1) is 13.4. The van der Waals surface area contributed by atoms with Crippen molar-refractivity contribution in [3.63, 3.8) is 0 Å². The molecule has 1 saturated carbocycles. The minimum absolute atomic E-state index is 0.359. The molecule has 0 radical (unpaired) electrons. The van der Waals surface area contributed by atoms with Crippen molar-refractivity contribution in [2.24, 2.45) is 16.3 Å². The highest BCUT2D eigenvalue weighted by Gasteiger charge is 2.41. The number of aromatic nitrogens is 1. The molecule has 1 saturated heterocycles. The average molecular weight is 294 g/mol.